The Morgan fingerprint density at radius 3 is 2.84 bits per heavy atom. The average Bonchev–Trinajstić information content (AvgIpc) is 3.18. The van der Waals surface area contributed by atoms with Gasteiger partial charge in [0.25, 0.3) is 0 Å². The molecule has 0 aliphatic carbocycles. The van der Waals surface area contributed by atoms with Crippen LogP contribution in [0.3, 0.4) is 0 Å². The predicted octanol–water partition coefficient (Wildman–Crippen LogP) is 3.43. The standard InChI is InChI=1S/C25H26N4O2/c1-28-17-27-24-7-6-19(11-25(24)28)21-10-23(13-26-12-21)31-16-22(30)15-29-9-8-18-4-2-3-5-20(18)14-29/h2-7,10-13,17,22,30H,8-9,14-16H2,1H3. The van der Waals surface area contributed by atoms with Crippen LogP contribution in [0.5, 0.6) is 5.75 Å². The molecule has 6 heteroatoms. The minimum absolute atomic E-state index is 0.240. The van der Waals surface area contributed by atoms with Crippen LogP contribution in [0, 0.1) is 0 Å². The van der Waals surface area contributed by atoms with Crippen LogP contribution in [0.25, 0.3) is 22.2 Å². The van der Waals surface area contributed by atoms with E-state index in [0.717, 1.165) is 41.7 Å². The van der Waals surface area contributed by atoms with Crippen molar-refractivity contribution in [2.24, 2.45) is 7.05 Å². The summed E-state index contributed by atoms with van der Waals surface area (Å²) >= 11 is 0. The normalized spacial score (nSPS) is 15.0. The van der Waals surface area contributed by atoms with E-state index in [1.807, 2.05) is 42.3 Å². The van der Waals surface area contributed by atoms with Crippen LogP contribution in [0.2, 0.25) is 0 Å². The number of rotatable bonds is 6. The topological polar surface area (TPSA) is 63.4 Å². The minimum atomic E-state index is -0.556. The summed E-state index contributed by atoms with van der Waals surface area (Å²) in [6.45, 7) is 2.67. The first-order valence-electron chi connectivity index (χ1n) is 10.6. The van der Waals surface area contributed by atoms with Gasteiger partial charge in [0.15, 0.2) is 0 Å². The molecular formula is C25H26N4O2. The smallest absolute Gasteiger partial charge is 0.138 e. The highest BCUT2D eigenvalue weighted by Gasteiger charge is 2.18. The highest BCUT2D eigenvalue weighted by atomic mass is 16.5. The first-order chi connectivity index (χ1) is 15.2. The molecule has 1 atom stereocenters. The summed E-state index contributed by atoms with van der Waals surface area (Å²) in [4.78, 5) is 11.0. The first-order valence-corrected chi connectivity index (χ1v) is 10.6. The molecule has 6 nitrogen and oxygen atoms in total. The Labute approximate surface area is 181 Å². The fraction of sp³-hybridized carbons (Fsp3) is 0.280. The number of pyridine rings is 1. The van der Waals surface area contributed by atoms with E-state index in [9.17, 15) is 5.11 Å². The number of β-amino-alcohol motifs (C(OH)–C–C–N with tert-alkyl or cyclic N) is 1. The lowest BCUT2D eigenvalue weighted by molar-refractivity contribution is 0.0637. The van der Waals surface area contributed by atoms with Crippen molar-refractivity contribution >= 4 is 11.0 Å². The molecule has 0 saturated carbocycles. The first kappa shape index (κ1) is 19.7. The Balaban J connectivity index is 1.21. The molecular weight excluding hydrogens is 388 g/mol. The van der Waals surface area contributed by atoms with Gasteiger partial charge >= 0.3 is 0 Å². The molecule has 31 heavy (non-hydrogen) atoms. The number of aryl methyl sites for hydroxylation is 1. The van der Waals surface area contributed by atoms with E-state index in [1.54, 1.807) is 6.20 Å². The van der Waals surface area contributed by atoms with E-state index in [4.69, 9.17) is 4.74 Å². The molecule has 1 aliphatic heterocycles. The number of imidazole rings is 1. The lowest BCUT2D eigenvalue weighted by Crippen LogP contribution is -2.38. The Morgan fingerprint density at radius 1 is 1.06 bits per heavy atom. The van der Waals surface area contributed by atoms with Gasteiger partial charge in [0.1, 0.15) is 18.5 Å². The predicted molar refractivity (Wildman–Crippen MR) is 121 cm³/mol. The third-order valence-corrected chi connectivity index (χ3v) is 5.89. The maximum absolute atomic E-state index is 10.5. The SMILES string of the molecule is Cn1cnc2ccc(-c3cncc(OCC(O)CN4CCc5ccccc5C4)c3)cc21. The van der Waals surface area contributed by atoms with E-state index < -0.39 is 6.10 Å². The van der Waals surface area contributed by atoms with E-state index in [1.165, 1.54) is 11.1 Å². The summed E-state index contributed by atoms with van der Waals surface area (Å²) in [5, 5.41) is 10.5. The minimum Gasteiger partial charge on any atom is -0.489 e. The molecule has 0 bridgehead atoms. The second kappa shape index (κ2) is 8.49. The van der Waals surface area contributed by atoms with Gasteiger partial charge in [-0.3, -0.25) is 9.88 Å². The number of benzene rings is 2. The summed E-state index contributed by atoms with van der Waals surface area (Å²) in [5.74, 6) is 0.658. The summed E-state index contributed by atoms with van der Waals surface area (Å²) in [5.41, 5.74) is 6.84. The number of fused-ring (bicyclic) bond motifs is 2. The van der Waals surface area contributed by atoms with Crippen molar-refractivity contribution in [3.05, 3.63) is 78.4 Å². The van der Waals surface area contributed by atoms with Crippen LogP contribution >= 0.6 is 0 Å². The lowest BCUT2D eigenvalue weighted by Gasteiger charge is -2.30. The van der Waals surface area contributed by atoms with Crippen LogP contribution in [-0.2, 0) is 20.0 Å². The number of aliphatic hydroxyl groups is 1. The monoisotopic (exact) mass is 414 g/mol. The molecule has 158 valence electrons. The Bertz CT molecular complexity index is 1200. The van der Waals surface area contributed by atoms with Crippen molar-refractivity contribution in [2.75, 3.05) is 19.7 Å². The quantitative estimate of drug-likeness (QED) is 0.524. The zero-order valence-corrected chi connectivity index (χ0v) is 17.6. The van der Waals surface area contributed by atoms with Crippen molar-refractivity contribution in [3.8, 4) is 16.9 Å². The molecule has 2 aromatic carbocycles. The molecule has 0 radical (unpaired) electrons. The Kier molecular flexibility index (Phi) is 5.40. The molecule has 0 spiro atoms. The summed E-state index contributed by atoms with van der Waals surface area (Å²) in [7, 11) is 1.99. The second-order valence-electron chi connectivity index (χ2n) is 8.19. The number of ether oxygens (including phenoxy) is 1. The molecule has 1 aliphatic rings. The van der Waals surface area contributed by atoms with Gasteiger partial charge in [0.2, 0.25) is 0 Å². The van der Waals surface area contributed by atoms with Crippen LogP contribution in [0.15, 0.2) is 67.3 Å². The average molecular weight is 415 g/mol. The zero-order valence-electron chi connectivity index (χ0n) is 17.6. The third kappa shape index (κ3) is 4.31. The van der Waals surface area contributed by atoms with Gasteiger partial charge in [-0.05, 0) is 41.3 Å². The van der Waals surface area contributed by atoms with Gasteiger partial charge < -0.3 is 14.4 Å². The number of aliphatic hydroxyl groups excluding tert-OH is 1. The number of hydrogen-bond acceptors (Lipinski definition) is 5. The highest BCUT2D eigenvalue weighted by Crippen LogP contribution is 2.26. The van der Waals surface area contributed by atoms with Crippen LogP contribution in [-0.4, -0.2) is 50.3 Å². The molecule has 0 saturated heterocycles. The van der Waals surface area contributed by atoms with Gasteiger partial charge in [-0.1, -0.05) is 30.3 Å². The molecule has 4 aromatic rings. The van der Waals surface area contributed by atoms with E-state index in [-0.39, 0.29) is 6.61 Å². The molecule has 0 amide bonds. The van der Waals surface area contributed by atoms with Crippen molar-refractivity contribution in [3.63, 3.8) is 0 Å². The second-order valence-corrected chi connectivity index (χ2v) is 8.19. The fourth-order valence-corrected chi connectivity index (χ4v) is 4.21. The van der Waals surface area contributed by atoms with E-state index >= 15 is 0 Å². The molecule has 5 rings (SSSR count). The van der Waals surface area contributed by atoms with Crippen LogP contribution in [0.4, 0.5) is 0 Å². The molecule has 3 heterocycles. The van der Waals surface area contributed by atoms with Crippen molar-refractivity contribution in [1.29, 1.82) is 0 Å². The third-order valence-electron chi connectivity index (χ3n) is 5.89. The van der Waals surface area contributed by atoms with E-state index in [2.05, 4.69) is 45.2 Å². The Hall–Kier alpha value is -3.22. The van der Waals surface area contributed by atoms with Gasteiger partial charge in [-0.2, -0.15) is 0 Å². The number of hydrogen-bond donors (Lipinski definition) is 1. The lowest BCUT2D eigenvalue weighted by atomic mass is 10.00. The van der Waals surface area contributed by atoms with Crippen molar-refractivity contribution in [2.45, 2.75) is 19.1 Å². The summed E-state index contributed by atoms with van der Waals surface area (Å²) in [6.07, 6.45) is 5.80. The van der Waals surface area contributed by atoms with Gasteiger partial charge in [-0.15, -0.1) is 0 Å². The molecule has 2 aromatic heterocycles. The van der Waals surface area contributed by atoms with Crippen molar-refractivity contribution < 1.29 is 9.84 Å². The Morgan fingerprint density at radius 2 is 1.94 bits per heavy atom. The van der Waals surface area contributed by atoms with Crippen molar-refractivity contribution in [1.82, 2.24) is 19.4 Å². The maximum Gasteiger partial charge on any atom is 0.138 e. The summed E-state index contributed by atoms with van der Waals surface area (Å²) in [6, 6.07) is 16.7. The fourth-order valence-electron chi connectivity index (χ4n) is 4.21. The largest absolute Gasteiger partial charge is 0.489 e. The van der Waals surface area contributed by atoms with E-state index in [0.29, 0.717) is 12.3 Å². The van der Waals surface area contributed by atoms with Gasteiger partial charge in [0, 0.05) is 38.4 Å². The maximum atomic E-state index is 10.5. The zero-order chi connectivity index (χ0) is 21.2. The number of nitrogens with zero attached hydrogens (tertiary/aromatic N) is 4. The molecule has 0 fully saturated rings. The van der Waals surface area contributed by atoms with Crippen LogP contribution < -0.4 is 4.74 Å². The van der Waals surface area contributed by atoms with Gasteiger partial charge in [0.05, 0.1) is 23.6 Å². The van der Waals surface area contributed by atoms with Crippen LogP contribution in [0.1, 0.15) is 11.1 Å². The molecule has 1 N–H and O–H groups in total. The summed E-state index contributed by atoms with van der Waals surface area (Å²) < 4.78 is 7.88. The highest BCUT2D eigenvalue weighted by molar-refractivity contribution is 5.82. The molecule has 1 unspecified atom stereocenters. The number of aromatic nitrogens is 3. The van der Waals surface area contributed by atoms with Gasteiger partial charge in [-0.25, -0.2) is 4.98 Å².